The first-order chi connectivity index (χ1) is 7.72. The normalized spacial score (nSPS) is 22.9. The fourth-order valence-corrected chi connectivity index (χ4v) is 2.42. The Morgan fingerprint density at radius 1 is 1.44 bits per heavy atom. The number of likely N-dealkylation sites (tertiary alicyclic amines) is 1. The third kappa shape index (κ3) is 5.83. The van der Waals surface area contributed by atoms with Crippen LogP contribution in [0.25, 0.3) is 0 Å². The maximum Gasteiger partial charge on any atom is 0.0502 e. The van der Waals surface area contributed by atoms with Crippen molar-refractivity contribution in [3.05, 3.63) is 0 Å². The molecule has 16 heavy (non-hydrogen) atoms. The van der Waals surface area contributed by atoms with E-state index in [9.17, 15) is 0 Å². The van der Waals surface area contributed by atoms with Crippen LogP contribution in [-0.4, -0.2) is 50.8 Å². The molecular weight excluding hydrogens is 200 g/mol. The van der Waals surface area contributed by atoms with Crippen LogP contribution in [0.1, 0.15) is 33.1 Å². The molecule has 0 bridgehead atoms. The lowest BCUT2D eigenvalue weighted by atomic mass is 9.99. The zero-order valence-corrected chi connectivity index (χ0v) is 11.2. The van der Waals surface area contributed by atoms with Gasteiger partial charge >= 0.3 is 0 Å². The Morgan fingerprint density at radius 2 is 2.25 bits per heavy atom. The molecule has 1 N–H and O–H groups in total. The second kappa shape index (κ2) is 8.04. The van der Waals surface area contributed by atoms with Crippen molar-refractivity contribution >= 4 is 0 Å². The van der Waals surface area contributed by atoms with Crippen LogP contribution in [0.15, 0.2) is 0 Å². The van der Waals surface area contributed by atoms with E-state index in [1.165, 1.54) is 38.9 Å². The molecule has 0 aromatic rings. The standard InChI is InChI=1S/C13H28N2O/c1-12(2)14-7-5-9-15-8-4-6-13(10-15)11-16-3/h12-14H,4-11H2,1-3H3. The van der Waals surface area contributed by atoms with Gasteiger partial charge in [-0.05, 0) is 44.8 Å². The van der Waals surface area contributed by atoms with Gasteiger partial charge in [-0.2, -0.15) is 0 Å². The van der Waals surface area contributed by atoms with Gasteiger partial charge in [0.1, 0.15) is 0 Å². The second-order valence-corrected chi connectivity index (χ2v) is 5.23. The molecular formula is C13H28N2O. The molecule has 1 atom stereocenters. The maximum absolute atomic E-state index is 5.25. The first-order valence-corrected chi connectivity index (χ1v) is 6.67. The van der Waals surface area contributed by atoms with Crippen LogP contribution >= 0.6 is 0 Å². The monoisotopic (exact) mass is 228 g/mol. The summed E-state index contributed by atoms with van der Waals surface area (Å²) in [6, 6.07) is 0.614. The van der Waals surface area contributed by atoms with Gasteiger partial charge in [-0.25, -0.2) is 0 Å². The van der Waals surface area contributed by atoms with Gasteiger partial charge in [0.05, 0.1) is 6.61 Å². The lowest BCUT2D eigenvalue weighted by Gasteiger charge is -2.32. The minimum Gasteiger partial charge on any atom is -0.384 e. The van der Waals surface area contributed by atoms with Crippen molar-refractivity contribution in [1.29, 1.82) is 0 Å². The Morgan fingerprint density at radius 3 is 2.94 bits per heavy atom. The summed E-state index contributed by atoms with van der Waals surface area (Å²) in [5.41, 5.74) is 0. The average molecular weight is 228 g/mol. The fraction of sp³-hybridized carbons (Fsp3) is 1.00. The Bertz CT molecular complexity index is 171. The minimum atomic E-state index is 0.614. The number of nitrogens with zero attached hydrogens (tertiary/aromatic N) is 1. The number of methoxy groups -OCH3 is 1. The highest BCUT2D eigenvalue weighted by Gasteiger charge is 2.18. The second-order valence-electron chi connectivity index (χ2n) is 5.23. The van der Waals surface area contributed by atoms with Gasteiger partial charge in [0.25, 0.3) is 0 Å². The molecule has 0 saturated carbocycles. The predicted molar refractivity (Wildman–Crippen MR) is 68.8 cm³/mol. The van der Waals surface area contributed by atoms with Gasteiger partial charge in [0.15, 0.2) is 0 Å². The summed E-state index contributed by atoms with van der Waals surface area (Å²) in [7, 11) is 1.81. The van der Waals surface area contributed by atoms with Crippen LogP contribution in [0.4, 0.5) is 0 Å². The Labute approximate surface area is 101 Å². The van der Waals surface area contributed by atoms with E-state index in [4.69, 9.17) is 4.74 Å². The summed E-state index contributed by atoms with van der Waals surface area (Å²) >= 11 is 0. The molecule has 0 spiro atoms. The van der Waals surface area contributed by atoms with Crippen molar-refractivity contribution in [1.82, 2.24) is 10.2 Å². The largest absolute Gasteiger partial charge is 0.384 e. The number of hydrogen-bond donors (Lipinski definition) is 1. The zero-order valence-electron chi connectivity index (χ0n) is 11.2. The maximum atomic E-state index is 5.25. The molecule has 0 amide bonds. The van der Waals surface area contributed by atoms with Crippen LogP contribution in [0, 0.1) is 5.92 Å². The molecule has 3 nitrogen and oxygen atoms in total. The van der Waals surface area contributed by atoms with E-state index < -0.39 is 0 Å². The molecule has 0 aliphatic carbocycles. The van der Waals surface area contributed by atoms with Crippen molar-refractivity contribution < 1.29 is 4.74 Å². The number of nitrogens with one attached hydrogen (secondary N) is 1. The molecule has 96 valence electrons. The van der Waals surface area contributed by atoms with Gasteiger partial charge in [-0.3, -0.25) is 0 Å². The van der Waals surface area contributed by atoms with Gasteiger partial charge in [0, 0.05) is 19.7 Å². The van der Waals surface area contributed by atoms with E-state index in [0.29, 0.717) is 6.04 Å². The number of piperidine rings is 1. The van der Waals surface area contributed by atoms with Gasteiger partial charge in [-0.15, -0.1) is 0 Å². The minimum absolute atomic E-state index is 0.614. The van der Waals surface area contributed by atoms with Crippen LogP contribution in [-0.2, 0) is 4.74 Å². The molecule has 0 aromatic carbocycles. The van der Waals surface area contributed by atoms with Crippen LogP contribution in [0.2, 0.25) is 0 Å². The fourth-order valence-electron chi connectivity index (χ4n) is 2.42. The van der Waals surface area contributed by atoms with Crippen LogP contribution < -0.4 is 5.32 Å². The summed E-state index contributed by atoms with van der Waals surface area (Å²) in [4.78, 5) is 2.59. The van der Waals surface area contributed by atoms with Crippen molar-refractivity contribution in [2.24, 2.45) is 5.92 Å². The lowest BCUT2D eigenvalue weighted by Crippen LogP contribution is -2.38. The Hall–Kier alpha value is -0.120. The smallest absolute Gasteiger partial charge is 0.0502 e. The van der Waals surface area contributed by atoms with Crippen LogP contribution in [0.5, 0.6) is 0 Å². The summed E-state index contributed by atoms with van der Waals surface area (Å²) < 4.78 is 5.25. The molecule has 0 aromatic heterocycles. The van der Waals surface area contributed by atoms with Gasteiger partial charge in [-0.1, -0.05) is 13.8 Å². The highest BCUT2D eigenvalue weighted by Crippen LogP contribution is 2.16. The Kier molecular flexibility index (Phi) is 7.01. The first-order valence-electron chi connectivity index (χ1n) is 6.67. The summed E-state index contributed by atoms with van der Waals surface area (Å²) in [6.45, 7) is 10.2. The number of hydrogen-bond acceptors (Lipinski definition) is 3. The van der Waals surface area contributed by atoms with Crippen molar-refractivity contribution in [2.45, 2.75) is 39.2 Å². The van der Waals surface area contributed by atoms with Crippen molar-refractivity contribution in [3.63, 3.8) is 0 Å². The van der Waals surface area contributed by atoms with Crippen molar-refractivity contribution in [3.8, 4) is 0 Å². The Balaban J connectivity index is 2.07. The van der Waals surface area contributed by atoms with E-state index >= 15 is 0 Å². The SMILES string of the molecule is COCC1CCCN(CCCNC(C)C)C1. The highest BCUT2D eigenvalue weighted by atomic mass is 16.5. The first kappa shape index (κ1) is 13.9. The highest BCUT2D eigenvalue weighted by molar-refractivity contribution is 4.72. The van der Waals surface area contributed by atoms with E-state index in [1.807, 2.05) is 7.11 Å². The third-order valence-corrected chi connectivity index (χ3v) is 3.21. The van der Waals surface area contributed by atoms with Gasteiger partial charge < -0.3 is 15.0 Å². The van der Waals surface area contributed by atoms with E-state index in [1.54, 1.807) is 0 Å². The predicted octanol–water partition coefficient (Wildman–Crippen LogP) is 1.73. The van der Waals surface area contributed by atoms with E-state index in [0.717, 1.165) is 19.1 Å². The molecule has 3 heteroatoms. The molecule has 0 radical (unpaired) electrons. The lowest BCUT2D eigenvalue weighted by molar-refractivity contribution is 0.0901. The average Bonchev–Trinajstić information content (AvgIpc) is 2.25. The number of ether oxygens (including phenoxy) is 1. The molecule has 1 unspecified atom stereocenters. The molecule has 1 saturated heterocycles. The summed E-state index contributed by atoms with van der Waals surface area (Å²) in [5, 5.41) is 3.47. The van der Waals surface area contributed by atoms with Crippen LogP contribution in [0.3, 0.4) is 0 Å². The van der Waals surface area contributed by atoms with Gasteiger partial charge in [0.2, 0.25) is 0 Å². The molecule has 1 aliphatic heterocycles. The zero-order chi connectivity index (χ0) is 11.8. The summed E-state index contributed by atoms with van der Waals surface area (Å²) in [6.07, 6.45) is 3.94. The molecule has 1 fully saturated rings. The van der Waals surface area contributed by atoms with E-state index in [2.05, 4.69) is 24.1 Å². The summed E-state index contributed by atoms with van der Waals surface area (Å²) in [5.74, 6) is 0.761. The molecule has 1 aliphatic rings. The molecule has 1 heterocycles. The van der Waals surface area contributed by atoms with Crippen molar-refractivity contribution in [2.75, 3.05) is 39.9 Å². The third-order valence-electron chi connectivity index (χ3n) is 3.21. The van der Waals surface area contributed by atoms with E-state index in [-0.39, 0.29) is 0 Å². The number of rotatable bonds is 7. The quantitative estimate of drug-likeness (QED) is 0.672. The molecule has 1 rings (SSSR count). The topological polar surface area (TPSA) is 24.5 Å².